The summed E-state index contributed by atoms with van der Waals surface area (Å²) in [5, 5.41) is 4.37. The van der Waals surface area contributed by atoms with Gasteiger partial charge in [-0.2, -0.15) is 0 Å². The number of thiophene rings is 1. The number of ether oxygens (including phenoxy) is 1. The van der Waals surface area contributed by atoms with Gasteiger partial charge in [0.15, 0.2) is 5.82 Å². The summed E-state index contributed by atoms with van der Waals surface area (Å²) in [5.74, 6) is 0.197. The molecule has 4 aromatic rings. The summed E-state index contributed by atoms with van der Waals surface area (Å²) >= 11 is 1.57. The van der Waals surface area contributed by atoms with Crippen LogP contribution in [0.2, 0.25) is 0 Å². The molecule has 0 saturated carbocycles. The second-order valence-electron chi connectivity index (χ2n) is 14.0. The summed E-state index contributed by atoms with van der Waals surface area (Å²) < 4.78 is 22.8. The molecule has 4 N–H and O–H groups in total. The van der Waals surface area contributed by atoms with Crippen LogP contribution in [0.1, 0.15) is 62.7 Å². The molecule has 0 bridgehead atoms. The zero-order chi connectivity index (χ0) is 35.2. The quantitative estimate of drug-likeness (QED) is 0.178. The normalized spacial score (nSPS) is 17.5. The second-order valence-corrected chi connectivity index (χ2v) is 15.1. The van der Waals surface area contributed by atoms with E-state index in [1.807, 2.05) is 50.2 Å². The van der Waals surface area contributed by atoms with E-state index in [9.17, 15) is 9.59 Å². The van der Waals surface area contributed by atoms with E-state index in [2.05, 4.69) is 40.8 Å². The third-order valence-corrected chi connectivity index (χ3v) is 9.61. The number of carbonyl (C=O) groups excluding carboxylic acids is 2. The van der Waals surface area contributed by atoms with E-state index >= 15 is 4.39 Å². The highest BCUT2D eigenvalue weighted by molar-refractivity contribution is 7.20. The van der Waals surface area contributed by atoms with Gasteiger partial charge < -0.3 is 15.1 Å². The number of pyridine rings is 2. The number of hydrazine groups is 4. The van der Waals surface area contributed by atoms with Crippen LogP contribution < -0.4 is 31.8 Å². The van der Waals surface area contributed by atoms with Crippen LogP contribution in [0.3, 0.4) is 0 Å². The molecule has 0 spiro atoms. The third-order valence-electron chi connectivity index (χ3n) is 8.47. The number of amides is 2. The van der Waals surface area contributed by atoms with Crippen molar-refractivity contribution in [1.82, 2.24) is 36.4 Å². The van der Waals surface area contributed by atoms with Crippen molar-refractivity contribution in [3.63, 3.8) is 0 Å². The van der Waals surface area contributed by atoms with Gasteiger partial charge in [0, 0.05) is 48.3 Å². The number of nitrogens with zero attached hydrogens (tertiary/aromatic N) is 6. The maximum atomic E-state index is 16.1. The first-order valence-corrected chi connectivity index (χ1v) is 17.5. The largest absolute Gasteiger partial charge is 0.444 e. The number of rotatable bonds is 7. The minimum atomic E-state index is -0.696. The van der Waals surface area contributed by atoms with E-state index in [1.165, 1.54) is 12.1 Å². The summed E-state index contributed by atoms with van der Waals surface area (Å²) in [5.41, 5.74) is 13.8. The Morgan fingerprint density at radius 1 is 1.10 bits per heavy atom. The first-order valence-electron chi connectivity index (χ1n) is 16.7. The van der Waals surface area contributed by atoms with Crippen LogP contribution in [0.15, 0.2) is 61.1 Å². The number of fused-ring (bicyclic) bond motifs is 2. The molecular weight excluding hydrogens is 660 g/mol. The molecular formula is C35H41FN10O3S. The van der Waals surface area contributed by atoms with Crippen molar-refractivity contribution in [2.45, 2.75) is 59.1 Å². The first-order chi connectivity index (χ1) is 23.9. The molecule has 15 heteroatoms. The number of likely N-dealkylation sites (tertiary alicyclic amines) is 1. The van der Waals surface area contributed by atoms with Gasteiger partial charge in [-0.25, -0.2) is 24.2 Å². The van der Waals surface area contributed by atoms with E-state index in [1.54, 1.807) is 50.7 Å². The molecule has 7 rings (SSSR count). The van der Waals surface area contributed by atoms with E-state index in [4.69, 9.17) is 9.72 Å². The average Bonchev–Trinajstić information content (AvgIpc) is 3.83. The van der Waals surface area contributed by atoms with E-state index in [-0.39, 0.29) is 12.1 Å². The van der Waals surface area contributed by atoms with Gasteiger partial charge in [0.25, 0.3) is 5.91 Å². The van der Waals surface area contributed by atoms with Crippen LogP contribution in [0.4, 0.5) is 32.2 Å². The molecule has 262 valence electrons. The number of nitrogens with one attached hydrogen (secondary N) is 4. The Morgan fingerprint density at radius 2 is 1.94 bits per heavy atom. The van der Waals surface area contributed by atoms with Gasteiger partial charge in [-0.15, -0.1) is 22.4 Å². The molecule has 1 atom stereocenters. The van der Waals surface area contributed by atoms with Crippen LogP contribution in [0, 0.1) is 11.7 Å². The summed E-state index contributed by atoms with van der Waals surface area (Å²) in [4.78, 5) is 41.2. The Morgan fingerprint density at radius 3 is 2.72 bits per heavy atom. The average molecular weight is 701 g/mol. The topological polar surface area (TPSA) is 130 Å². The zero-order valence-corrected chi connectivity index (χ0v) is 29.5. The SMILES string of the molecule is CC(C)CN1C=C(c2cc3c(N(C(=O)c4ccc(N5NNc6cccnc65)cc4F)[C@@H]4CCCN(C(=O)OC(C)(C)C)C4)nccc3s2)NN1. The molecule has 2 amide bonds. The van der Waals surface area contributed by atoms with Gasteiger partial charge in [-0.05, 0) is 82.0 Å². The number of piperidine rings is 1. The lowest BCUT2D eigenvalue weighted by molar-refractivity contribution is 0.0196. The fourth-order valence-corrected chi connectivity index (χ4v) is 7.33. The van der Waals surface area contributed by atoms with Gasteiger partial charge in [0.1, 0.15) is 17.2 Å². The van der Waals surface area contributed by atoms with Crippen LogP contribution in [0.5, 0.6) is 0 Å². The highest BCUT2D eigenvalue weighted by Crippen LogP contribution is 2.38. The number of benzene rings is 1. The van der Waals surface area contributed by atoms with Crippen LogP contribution >= 0.6 is 11.3 Å². The molecule has 0 aliphatic carbocycles. The summed E-state index contributed by atoms with van der Waals surface area (Å²) in [6.07, 6.45) is 6.12. The zero-order valence-electron chi connectivity index (χ0n) is 28.7. The van der Waals surface area contributed by atoms with Crippen molar-refractivity contribution in [2.24, 2.45) is 5.92 Å². The van der Waals surface area contributed by atoms with E-state index in [0.29, 0.717) is 42.6 Å². The fourth-order valence-electron chi connectivity index (χ4n) is 6.31. The van der Waals surface area contributed by atoms with Crippen molar-refractivity contribution < 1.29 is 18.7 Å². The van der Waals surface area contributed by atoms with Gasteiger partial charge in [-0.1, -0.05) is 13.8 Å². The Labute approximate surface area is 294 Å². The van der Waals surface area contributed by atoms with Gasteiger partial charge in [0.2, 0.25) is 0 Å². The molecule has 0 unspecified atom stereocenters. The molecule has 3 aliphatic rings. The van der Waals surface area contributed by atoms with Crippen molar-refractivity contribution >= 4 is 62.1 Å². The highest BCUT2D eigenvalue weighted by atomic mass is 32.1. The Bertz CT molecular complexity index is 1960. The monoisotopic (exact) mass is 700 g/mol. The second kappa shape index (κ2) is 13.4. The molecule has 6 heterocycles. The lowest BCUT2D eigenvalue weighted by atomic mass is 10.0. The number of anilines is 4. The van der Waals surface area contributed by atoms with Crippen LogP contribution in [-0.4, -0.2) is 63.2 Å². The number of carbonyl (C=O) groups is 2. The van der Waals surface area contributed by atoms with Crippen LogP contribution in [-0.2, 0) is 4.74 Å². The summed E-state index contributed by atoms with van der Waals surface area (Å²) in [6.45, 7) is 11.3. The van der Waals surface area contributed by atoms with Gasteiger partial charge in [-0.3, -0.25) is 20.1 Å². The Hall–Kier alpha value is -4.99. The van der Waals surface area contributed by atoms with Crippen molar-refractivity contribution in [3.05, 3.63) is 77.3 Å². The van der Waals surface area contributed by atoms with Gasteiger partial charge >= 0.3 is 6.09 Å². The standard InChI is InChI=1S/C35H41FN10O3S/c1-21(2)18-44-20-28(40-41-44)30-17-25-29(50-30)12-14-38-31(25)45(23-8-7-15-43(19-23)34(48)49-35(3,4)5)33(47)24-11-10-22(16-26(24)36)46-32-27(39-42-46)9-6-13-37-32/h6,9-14,16-17,20-21,23,39-42H,7-8,15,18-19H2,1-5H3/t23-/m1/s1. The fraction of sp³-hybridized carbons (Fsp3) is 0.371. The van der Waals surface area contributed by atoms with E-state index in [0.717, 1.165) is 32.9 Å². The lowest BCUT2D eigenvalue weighted by Crippen LogP contribution is -2.53. The molecule has 1 aromatic carbocycles. The van der Waals surface area contributed by atoms with E-state index < -0.39 is 29.5 Å². The Balaban J connectivity index is 1.26. The molecule has 50 heavy (non-hydrogen) atoms. The molecule has 1 saturated heterocycles. The third kappa shape index (κ3) is 6.75. The minimum Gasteiger partial charge on any atom is -0.444 e. The van der Waals surface area contributed by atoms with Crippen molar-refractivity contribution in [2.75, 3.05) is 35.0 Å². The van der Waals surface area contributed by atoms with Crippen molar-refractivity contribution in [3.8, 4) is 0 Å². The van der Waals surface area contributed by atoms with Gasteiger partial charge in [0.05, 0.1) is 33.6 Å². The minimum absolute atomic E-state index is 0.112. The molecule has 3 aromatic heterocycles. The molecule has 1 fully saturated rings. The summed E-state index contributed by atoms with van der Waals surface area (Å²) in [7, 11) is 0. The lowest BCUT2D eigenvalue weighted by Gasteiger charge is -2.39. The predicted octanol–water partition coefficient (Wildman–Crippen LogP) is 6.14. The number of aromatic nitrogens is 2. The maximum Gasteiger partial charge on any atom is 0.410 e. The number of hydrogen-bond acceptors (Lipinski definition) is 12. The number of hydrogen-bond donors (Lipinski definition) is 4. The smallest absolute Gasteiger partial charge is 0.410 e. The van der Waals surface area contributed by atoms with Crippen LogP contribution in [0.25, 0.3) is 15.8 Å². The highest BCUT2D eigenvalue weighted by Gasteiger charge is 2.37. The van der Waals surface area contributed by atoms with Crippen molar-refractivity contribution in [1.29, 1.82) is 0 Å². The maximum absolute atomic E-state index is 16.1. The Kier molecular flexibility index (Phi) is 8.96. The number of halogens is 1. The first kappa shape index (κ1) is 33.5. The molecule has 0 radical (unpaired) electrons. The molecule has 13 nitrogen and oxygen atoms in total. The summed E-state index contributed by atoms with van der Waals surface area (Å²) in [6, 6.07) is 11.5. The molecule has 3 aliphatic heterocycles. The predicted molar refractivity (Wildman–Crippen MR) is 193 cm³/mol.